The molecule has 1 heterocycles. The number of para-hydroxylation sites is 1. The summed E-state index contributed by atoms with van der Waals surface area (Å²) in [4.78, 5) is 7.86. The number of nitrogens with one attached hydrogen (secondary N) is 1. The van der Waals surface area contributed by atoms with Crippen molar-refractivity contribution in [3.63, 3.8) is 0 Å². The standard InChI is InChI=1S/C18H16FN3O4S/c1-12-9-14(7-8-16(12)25-2)27(23,24)22-13-10-20-18(21-11-13)26-17-6-4-3-5-15(17)19/h3-11,22H,1-2H3. The number of rotatable bonds is 6. The van der Waals surface area contributed by atoms with E-state index in [1.807, 2.05) is 0 Å². The first-order chi connectivity index (χ1) is 12.9. The van der Waals surface area contributed by atoms with Crippen molar-refractivity contribution in [3.05, 3.63) is 66.2 Å². The fourth-order valence-corrected chi connectivity index (χ4v) is 3.39. The molecule has 1 aromatic heterocycles. The summed E-state index contributed by atoms with van der Waals surface area (Å²) in [6.07, 6.45) is 2.47. The van der Waals surface area contributed by atoms with Gasteiger partial charge in [0.05, 0.1) is 30.1 Å². The number of benzene rings is 2. The van der Waals surface area contributed by atoms with E-state index in [-0.39, 0.29) is 22.3 Å². The topological polar surface area (TPSA) is 90.4 Å². The van der Waals surface area contributed by atoms with Crippen molar-refractivity contribution in [2.24, 2.45) is 0 Å². The van der Waals surface area contributed by atoms with Gasteiger partial charge in [0.2, 0.25) is 0 Å². The summed E-state index contributed by atoms with van der Waals surface area (Å²) in [6.45, 7) is 1.75. The van der Waals surface area contributed by atoms with Gasteiger partial charge in [0, 0.05) is 0 Å². The molecule has 3 aromatic rings. The molecule has 0 fully saturated rings. The summed E-state index contributed by atoms with van der Waals surface area (Å²) in [5.41, 5.74) is 0.828. The second kappa shape index (κ2) is 7.58. The van der Waals surface area contributed by atoms with Crippen molar-refractivity contribution < 1.29 is 22.3 Å². The fraction of sp³-hybridized carbons (Fsp3) is 0.111. The van der Waals surface area contributed by atoms with E-state index in [2.05, 4.69) is 14.7 Å². The monoisotopic (exact) mass is 389 g/mol. The molecule has 2 aromatic carbocycles. The summed E-state index contributed by atoms with van der Waals surface area (Å²) >= 11 is 0. The molecule has 0 unspecified atom stereocenters. The highest BCUT2D eigenvalue weighted by atomic mass is 32.2. The maximum atomic E-state index is 13.6. The number of halogens is 1. The van der Waals surface area contributed by atoms with Crippen LogP contribution in [0.4, 0.5) is 10.1 Å². The van der Waals surface area contributed by atoms with Crippen LogP contribution in [0, 0.1) is 12.7 Å². The van der Waals surface area contributed by atoms with E-state index in [4.69, 9.17) is 9.47 Å². The minimum Gasteiger partial charge on any atom is -0.496 e. The number of nitrogens with zero attached hydrogens (tertiary/aromatic N) is 2. The Hall–Kier alpha value is -3.20. The average molecular weight is 389 g/mol. The maximum Gasteiger partial charge on any atom is 0.322 e. The van der Waals surface area contributed by atoms with Gasteiger partial charge in [-0.25, -0.2) is 22.8 Å². The molecular formula is C18H16FN3O4S. The molecule has 0 bridgehead atoms. The lowest BCUT2D eigenvalue weighted by atomic mass is 10.2. The van der Waals surface area contributed by atoms with E-state index >= 15 is 0 Å². The Balaban J connectivity index is 1.75. The number of hydrogen-bond acceptors (Lipinski definition) is 6. The van der Waals surface area contributed by atoms with Crippen molar-refractivity contribution in [1.82, 2.24) is 9.97 Å². The molecular weight excluding hydrogens is 373 g/mol. The van der Waals surface area contributed by atoms with Gasteiger partial charge >= 0.3 is 6.01 Å². The van der Waals surface area contributed by atoms with Gasteiger partial charge in [0.15, 0.2) is 11.6 Å². The highest BCUT2D eigenvalue weighted by molar-refractivity contribution is 7.92. The third-order valence-electron chi connectivity index (χ3n) is 3.59. The third kappa shape index (κ3) is 4.32. The maximum absolute atomic E-state index is 13.6. The Bertz CT molecular complexity index is 1060. The van der Waals surface area contributed by atoms with Gasteiger partial charge in [-0.3, -0.25) is 4.72 Å². The molecule has 0 aliphatic rings. The summed E-state index contributed by atoms with van der Waals surface area (Å²) in [7, 11) is -2.31. The van der Waals surface area contributed by atoms with Crippen LogP contribution in [0.25, 0.3) is 0 Å². The number of aryl methyl sites for hydroxylation is 1. The molecule has 9 heteroatoms. The first-order valence-corrected chi connectivity index (χ1v) is 9.29. The number of aromatic nitrogens is 2. The summed E-state index contributed by atoms with van der Waals surface area (Å²) < 4.78 is 51.3. The highest BCUT2D eigenvalue weighted by Gasteiger charge is 2.16. The van der Waals surface area contributed by atoms with Crippen LogP contribution in [-0.2, 0) is 10.0 Å². The van der Waals surface area contributed by atoms with Crippen LogP contribution >= 0.6 is 0 Å². The van der Waals surface area contributed by atoms with Gasteiger partial charge in [-0.05, 0) is 42.8 Å². The zero-order valence-electron chi connectivity index (χ0n) is 14.5. The van der Waals surface area contributed by atoms with Crippen molar-refractivity contribution in [2.45, 2.75) is 11.8 Å². The summed E-state index contributed by atoms with van der Waals surface area (Å²) in [6, 6.07) is 10.2. The van der Waals surface area contributed by atoms with Crippen LogP contribution < -0.4 is 14.2 Å². The lowest BCUT2D eigenvalue weighted by Crippen LogP contribution is -2.13. The SMILES string of the molecule is COc1ccc(S(=O)(=O)Nc2cnc(Oc3ccccc3F)nc2)cc1C. The molecule has 0 saturated heterocycles. The minimum atomic E-state index is -3.83. The Kier molecular flexibility index (Phi) is 5.22. The molecule has 0 amide bonds. The zero-order chi connectivity index (χ0) is 19.4. The molecule has 0 radical (unpaired) electrons. The van der Waals surface area contributed by atoms with Gasteiger partial charge in [-0.2, -0.15) is 0 Å². The number of methoxy groups -OCH3 is 1. The predicted octanol–water partition coefficient (Wildman–Crippen LogP) is 3.53. The Morgan fingerprint density at radius 1 is 1.04 bits per heavy atom. The van der Waals surface area contributed by atoms with Gasteiger partial charge in [0.25, 0.3) is 10.0 Å². The van der Waals surface area contributed by atoms with Crippen LogP contribution in [0.3, 0.4) is 0 Å². The summed E-state index contributed by atoms with van der Waals surface area (Å²) in [5.74, 6) is 0.00669. The van der Waals surface area contributed by atoms with Crippen LogP contribution in [0.1, 0.15) is 5.56 Å². The van der Waals surface area contributed by atoms with Gasteiger partial charge in [0.1, 0.15) is 5.75 Å². The molecule has 140 valence electrons. The van der Waals surface area contributed by atoms with Crippen molar-refractivity contribution in [1.29, 1.82) is 0 Å². The predicted molar refractivity (Wildman–Crippen MR) is 97.0 cm³/mol. The first kappa shape index (κ1) is 18.6. The lowest BCUT2D eigenvalue weighted by Gasteiger charge is -2.10. The van der Waals surface area contributed by atoms with Gasteiger partial charge < -0.3 is 9.47 Å². The Morgan fingerprint density at radius 2 is 1.74 bits per heavy atom. The third-order valence-corrected chi connectivity index (χ3v) is 4.97. The number of sulfonamides is 1. The van der Waals surface area contributed by atoms with Gasteiger partial charge in [-0.15, -0.1) is 0 Å². The zero-order valence-corrected chi connectivity index (χ0v) is 15.3. The van der Waals surface area contributed by atoms with Crippen LogP contribution in [-0.4, -0.2) is 25.5 Å². The number of hydrogen-bond donors (Lipinski definition) is 1. The van der Waals surface area contributed by atoms with E-state index in [0.717, 1.165) is 0 Å². The van der Waals surface area contributed by atoms with E-state index in [1.165, 1.54) is 49.8 Å². The Labute approximate surface area is 155 Å². The molecule has 0 saturated carbocycles. The minimum absolute atomic E-state index is 0.0282. The molecule has 7 nitrogen and oxygen atoms in total. The molecule has 27 heavy (non-hydrogen) atoms. The molecule has 0 spiro atoms. The quantitative estimate of drug-likeness (QED) is 0.694. The van der Waals surface area contributed by atoms with Crippen molar-refractivity contribution in [2.75, 3.05) is 11.8 Å². The normalized spacial score (nSPS) is 11.1. The molecule has 3 rings (SSSR count). The molecule has 0 aliphatic heterocycles. The summed E-state index contributed by atoms with van der Waals surface area (Å²) in [5, 5.41) is 0. The number of anilines is 1. The highest BCUT2D eigenvalue weighted by Crippen LogP contribution is 2.24. The van der Waals surface area contributed by atoms with E-state index in [1.54, 1.807) is 19.1 Å². The molecule has 1 N–H and O–H groups in total. The van der Waals surface area contributed by atoms with E-state index in [0.29, 0.717) is 11.3 Å². The van der Waals surface area contributed by atoms with Crippen LogP contribution in [0.15, 0.2) is 59.8 Å². The molecule has 0 aliphatic carbocycles. The second-order valence-corrected chi connectivity index (χ2v) is 7.21. The fourth-order valence-electron chi connectivity index (χ4n) is 2.28. The average Bonchev–Trinajstić information content (AvgIpc) is 2.65. The van der Waals surface area contributed by atoms with E-state index in [9.17, 15) is 12.8 Å². The number of ether oxygens (including phenoxy) is 2. The molecule has 0 atom stereocenters. The van der Waals surface area contributed by atoms with Crippen LogP contribution in [0.2, 0.25) is 0 Å². The Morgan fingerprint density at radius 3 is 2.37 bits per heavy atom. The second-order valence-electron chi connectivity index (χ2n) is 5.52. The lowest BCUT2D eigenvalue weighted by molar-refractivity contribution is 0.411. The first-order valence-electron chi connectivity index (χ1n) is 7.81. The van der Waals surface area contributed by atoms with Crippen molar-refractivity contribution >= 4 is 15.7 Å². The van der Waals surface area contributed by atoms with Crippen LogP contribution in [0.5, 0.6) is 17.5 Å². The largest absolute Gasteiger partial charge is 0.496 e. The van der Waals surface area contributed by atoms with Crippen molar-refractivity contribution in [3.8, 4) is 17.5 Å². The smallest absolute Gasteiger partial charge is 0.322 e. The van der Waals surface area contributed by atoms with E-state index < -0.39 is 15.8 Å². The van der Waals surface area contributed by atoms with Gasteiger partial charge in [-0.1, -0.05) is 12.1 Å².